The van der Waals surface area contributed by atoms with E-state index in [1.807, 2.05) is 38.1 Å². The van der Waals surface area contributed by atoms with E-state index in [-0.39, 0.29) is 18.4 Å². The molecule has 5 nitrogen and oxygen atoms in total. The Kier molecular flexibility index (Phi) is 7.06. The van der Waals surface area contributed by atoms with Crippen LogP contribution in [0, 0.1) is 5.92 Å². The van der Waals surface area contributed by atoms with Crippen molar-refractivity contribution in [3.8, 4) is 0 Å². The van der Waals surface area contributed by atoms with Crippen LogP contribution in [-0.2, 0) is 14.8 Å². The smallest absolute Gasteiger partial charge is 0.232 e. The molecule has 0 aliphatic rings. The number of sulfonamides is 1. The van der Waals surface area contributed by atoms with E-state index in [0.717, 1.165) is 5.56 Å². The monoisotopic (exact) mass is 340 g/mol. The van der Waals surface area contributed by atoms with Crippen LogP contribution in [0.25, 0.3) is 0 Å². The third-order valence-corrected chi connectivity index (χ3v) is 4.67. The normalized spacial score (nSPS) is 11.8. The van der Waals surface area contributed by atoms with Crippen molar-refractivity contribution in [3.63, 3.8) is 0 Å². The topological polar surface area (TPSA) is 66.5 Å². The summed E-state index contributed by atoms with van der Waals surface area (Å²) in [6, 6.07) is 7.50. The number of anilines is 1. The van der Waals surface area contributed by atoms with E-state index < -0.39 is 10.0 Å². The molecule has 0 radical (unpaired) electrons. The second-order valence-electron chi connectivity index (χ2n) is 6.53. The molecule has 0 aliphatic carbocycles. The third kappa shape index (κ3) is 6.60. The van der Waals surface area contributed by atoms with E-state index >= 15 is 0 Å². The molecule has 0 fully saturated rings. The van der Waals surface area contributed by atoms with Crippen LogP contribution in [0.3, 0.4) is 0 Å². The minimum Gasteiger partial charge on any atom is -0.354 e. The summed E-state index contributed by atoms with van der Waals surface area (Å²) >= 11 is 0. The van der Waals surface area contributed by atoms with Crippen molar-refractivity contribution in [2.45, 2.75) is 40.0 Å². The summed E-state index contributed by atoms with van der Waals surface area (Å²) in [5, 5.41) is 2.77. The summed E-state index contributed by atoms with van der Waals surface area (Å²) in [6.45, 7) is 8.65. The first-order valence-corrected chi connectivity index (χ1v) is 9.80. The number of benzene rings is 1. The molecule has 0 unspecified atom stereocenters. The van der Waals surface area contributed by atoms with Crippen LogP contribution in [0.2, 0.25) is 0 Å². The van der Waals surface area contributed by atoms with Gasteiger partial charge >= 0.3 is 0 Å². The van der Waals surface area contributed by atoms with E-state index in [2.05, 4.69) is 19.2 Å². The van der Waals surface area contributed by atoms with Gasteiger partial charge in [0.25, 0.3) is 0 Å². The Morgan fingerprint density at radius 2 is 1.70 bits per heavy atom. The van der Waals surface area contributed by atoms with Gasteiger partial charge in [-0.1, -0.05) is 39.8 Å². The molecule has 0 heterocycles. The van der Waals surface area contributed by atoms with Crippen LogP contribution in [0.1, 0.15) is 45.6 Å². The Hall–Kier alpha value is -1.56. The predicted molar refractivity (Wildman–Crippen MR) is 95.2 cm³/mol. The van der Waals surface area contributed by atoms with Gasteiger partial charge in [0.05, 0.1) is 18.5 Å². The quantitative estimate of drug-likeness (QED) is 0.791. The van der Waals surface area contributed by atoms with Crippen LogP contribution < -0.4 is 9.62 Å². The Bertz CT molecular complexity index is 607. The van der Waals surface area contributed by atoms with Crippen LogP contribution in [0.15, 0.2) is 24.3 Å². The molecule has 0 aliphatic heterocycles. The molecule has 6 heteroatoms. The van der Waals surface area contributed by atoms with E-state index in [1.54, 1.807) is 0 Å². The maximum Gasteiger partial charge on any atom is 0.232 e. The highest BCUT2D eigenvalue weighted by atomic mass is 32.2. The molecule has 0 atom stereocenters. The zero-order valence-corrected chi connectivity index (χ0v) is 15.5. The lowest BCUT2D eigenvalue weighted by atomic mass is 10.0. The highest BCUT2D eigenvalue weighted by molar-refractivity contribution is 7.92. The number of hydrogen-bond donors (Lipinski definition) is 1. The fraction of sp³-hybridized carbons (Fsp3) is 0.588. The first-order chi connectivity index (χ1) is 10.6. The van der Waals surface area contributed by atoms with Crippen molar-refractivity contribution >= 4 is 21.6 Å². The van der Waals surface area contributed by atoms with Gasteiger partial charge in [-0.05, 0) is 29.5 Å². The maximum atomic E-state index is 12.0. The first-order valence-electron chi connectivity index (χ1n) is 7.95. The molecule has 0 saturated carbocycles. The molecule has 1 rings (SSSR count). The predicted octanol–water partition coefficient (Wildman–Crippen LogP) is 2.74. The molecular formula is C17H28N2O3S. The van der Waals surface area contributed by atoms with Gasteiger partial charge < -0.3 is 5.32 Å². The van der Waals surface area contributed by atoms with Gasteiger partial charge in [0.2, 0.25) is 15.9 Å². The molecule has 1 amide bonds. The average Bonchev–Trinajstić information content (AvgIpc) is 2.41. The zero-order chi connectivity index (χ0) is 17.6. The van der Waals surface area contributed by atoms with Crippen LogP contribution in [0.5, 0.6) is 0 Å². The Morgan fingerprint density at radius 1 is 1.13 bits per heavy atom. The molecular weight excluding hydrogens is 312 g/mol. The number of hydrogen-bond acceptors (Lipinski definition) is 3. The van der Waals surface area contributed by atoms with E-state index in [4.69, 9.17) is 0 Å². The number of carbonyl (C=O) groups excluding carboxylic acids is 1. The molecule has 0 spiro atoms. The van der Waals surface area contributed by atoms with E-state index in [9.17, 15) is 13.2 Å². The second kappa shape index (κ2) is 8.34. The summed E-state index contributed by atoms with van der Waals surface area (Å²) < 4.78 is 25.4. The van der Waals surface area contributed by atoms with Gasteiger partial charge in [-0.3, -0.25) is 9.10 Å². The summed E-state index contributed by atoms with van der Waals surface area (Å²) in [5.41, 5.74) is 1.78. The largest absolute Gasteiger partial charge is 0.354 e. The Labute approximate surface area is 140 Å². The molecule has 0 aromatic heterocycles. The SMILES string of the molecule is CC(C)CC(=O)NCCN(c1ccc(C(C)C)cc1)S(C)(=O)=O. The number of rotatable bonds is 8. The van der Waals surface area contributed by atoms with Gasteiger partial charge in [0.15, 0.2) is 0 Å². The molecule has 1 aromatic rings. The fourth-order valence-corrected chi connectivity index (χ4v) is 3.18. The lowest BCUT2D eigenvalue weighted by Gasteiger charge is -2.23. The van der Waals surface area contributed by atoms with Gasteiger partial charge in [-0.15, -0.1) is 0 Å². The lowest BCUT2D eigenvalue weighted by molar-refractivity contribution is -0.121. The number of nitrogens with one attached hydrogen (secondary N) is 1. The molecule has 0 bridgehead atoms. The highest BCUT2D eigenvalue weighted by Gasteiger charge is 2.17. The van der Waals surface area contributed by atoms with E-state index in [0.29, 0.717) is 24.6 Å². The van der Waals surface area contributed by atoms with Gasteiger partial charge in [-0.25, -0.2) is 8.42 Å². The Balaban J connectivity index is 2.76. The van der Waals surface area contributed by atoms with Crippen LogP contribution in [0.4, 0.5) is 5.69 Å². The van der Waals surface area contributed by atoms with Gasteiger partial charge in [-0.2, -0.15) is 0 Å². The highest BCUT2D eigenvalue weighted by Crippen LogP contribution is 2.21. The number of nitrogens with zero attached hydrogens (tertiary/aromatic N) is 1. The fourth-order valence-electron chi connectivity index (χ4n) is 2.25. The zero-order valence-electron chi connectivity index (χ0n) is 14.7. The molecule has 1 aromatic carbocycles. The number of amides is 1. The van der Waals surface area contributed by atoms with Crippen molar-refractivity contribution in [1.82, 2.24) is 5.32 Å². The minimum absolute atomic E-state index is 0.0522. The van der Waals surface area contributed by atoms with Crippen molar-refractivity contribution in [3.05, 3.63) is 29.8 Å². The molecule has 0 saturated heterocycles. The van der Waals surface area contributed by atoms with Crippen molar-refractivity contribution < 1.29 is 13.2 Å². The second-order valence-corrected chi connectivity index (χ2v) is 8.44. The maximum absolute atomic E-state index is 12.0. The summed E-state index contributed by atoms with van der Waals surface area (Å²) in [6.07, 6.45) is 1.63. The third-order valence-electron chi connectivity index (χ3n) is 3.48. The summed E-state index contributed by atoms with van der Waals surface area (Å²) in [7, 11) is -3.39. The lowest BCUT2D eigenvalue weighted by Crippen LogP contribution is -2.38. The van der Waals surface area contributed by atoms with Gasteiger partial charge in [0.1, 0.15) is 0 Å². The van der Waals surface area contributed by atoms with Crippen molar-refractivity contribution in [1.29, 1.82) is 0 Å². The van der Waals surface area contributed by atoms with Crippen molar-refractivity contribution in [2.24, 2.45) is 5.92 Å². The average molecular weight is 340 g/mol. The minimum atomic E-state index is -3.39. The summed E-state index contributed by atoms with van der Waals surface area (Å²) in [5.74, 6) is 0.624. The summed E-state index contributed by atoms with van der Waals surface area (Å²) in [4.78, 5) is 11.7. The molecule has 130 valence electrons. The van der Waals surface area contributed by atoms with Gasteiger partial charge in [0, 0.05) is 13.0 Å². The first kappa shape index (κ1) is 19.5. The molecule has 23 heavy (non-hydrogen) atoms. The van der Waals surface area contributed by atoms with Crippen LogP contribution >= 0.6 is 0 Å². The standard InChI is InChI=1S/C17H28N2O3S/c1-13(2)12-17(20)18-10-11-19(23(5,21)22)16-8-6-15(7-9-16)14(3)4/h6-9,13-14H,10-12H2,1-5H3,(H,18,20). The van der Waals surface area contributed by atoms with E-state index in [1.165, 1.54) is 10.6 Å². The van der Waals surface area contributed by atoms with Crippen LogP contribution in [-0.4, -0.2) is 33.7 Å². The molecule has 1 N–H and O–H groups in total. The Morgan fingerprint density at radius 3 is 2.13 bits per heavy atom. The number of carbonyl (C=O) groups is 1. The van der Waals surface area contributed by atoms with Crippen molar-refractivity contribution in [2.75, 3.05) is 23.7 Å².